The second-order valence-corrected chi connectivity index (χ2v) is 3.96. The third-order valence-corrected chi connectivity index (χ3v) is 3.04. The highest BCUT2D eigenvalue weighted by atomic mass is 16.5. The van der Waals surface area contributed by atoms with E-state index in [1.807, 2.05) is 0 Å². The molecule has 12 heavy (non-hydrogen) atoms. The van der Waals surface area contributed by atoms with Crippen LogP contribution in [0.4, 0.5) is 0 Å². The molecular weight excluding hydrogens is 150 g/mol. The topological polar surface area (TPSA) is 21.3 Å². The number of rotatable bonds is 0. The number of nitrogens with one attached hydrogen (secondary N) is 1. The van der Waals surface area contributed by atoms with Crippen LogP contribution >= 0.6 is 0 Å². The number of ether oxygens (including phenoxy) is 1. The predicted octanol–water partition coefficient (Wildman–Crippen LogP) is 1.70. The minimum atomic E-state index is 0.527. The Morgan fingerprint density at radius 2 is 1.83 bits per heavy atom. The van der Waals surface area contributed by atoms with E-state index in [0.717, 1.165) is 13.2 Å². The third-order valence-electron chi connectivity index (χ3n) is 3.04. The summed E-state index contributed by atoms with van der Waals surface area (Å²) >= 11 is 0. The van der Waals surface area contributed by atoms with Crippen LogP contribution in [0.2, 0.25) is 0 Å². The largest absolute Gasteiger partial charge is 0.375 e. The van der Waals surface area contributed by atoms with Gasteiger partial charge in [-0.05, 0) is 12.8 Å². The molecule has 0 bridgehead atoms. The van der Waals surface area contributed by atoms with E-state index in [1.165, 1.54) is 38.5 Å². The SMILES string of the molecule is C1CCCC2OCCNC2CC1. The van der Waals surface area contributed by atoms with E-state index in [1.54, 1.807) is 0 Å². The van der Waals surface area contributed by atoms with Gasteiger partial charge in [-0.25, -0.2) is 0 Å². The summed E-state index contributed by atoms with van der Waals surface area (Å²) in [6.45, 7) is 1.97. The van der Waals surface area contributed by atoms with Crippen LogP contribution in [-0.4, -0.2) is 25.3 Å². The molecule has 1 aliphatic heterocycles. The van der Waals surface area contributed by atoms with Gasteiger partial charge < -0.3 is 10.1 Å². The Bertz CT molecular complexity index is 122. The zero-order chi connectivity index (χ0) is 8.23. The number of hydrogen-bond acceptors (Lipinski definition) is 2. The first-order valence-corrected chi connectivity index (χ1v) is 5.32. The number of hydrogen-bond donors (Lipinski definition) is 1. The summed E-state index contributed by atoms with van der Waals surface area (Å²) in [6.07, 6.45) is 8.71. The maximum absolute atomic E-state index is 5.75. The van der Waals surface area contributed by atoms with Crippen molar-refractivity contribution in [3.8, 4) is 0 Å². The van der Waals surface area contributed by atoms with Crippen molar-refractivity contribution in [3.05, 3.63) is 0 Å². The van der Waals surface area contributed by atoms with Gasteiger partial charge in [0.05, 0.1) is 12.7 Å². The van der Waals surface area contributed by atoms with E-state index in [9.17, 15) is 0 Å². The average molecular weight is 169 g/mol. The van der Waals surface area contributed by atoms with Crippen LogP contribution in [0.1, 0.15) is 38.5 Å². The predicted molar refractivity (Wildman–Crippen MR) is 49.2 cm³/mol. The van der Waals surface area contributed by atoms with Crippen molar-refractivity contribution in [3.63, 3.8) is 0 Å². The van der Waals surface area contributed by atoms with E-state index in [2.05, 4.69) is 5.32 Å². The second kappa shape index (κ2) is 4.24. The van der Waals surface area contributed by atoms with Crippen molar-refractivity contribution in [1.82, 2.24) is 5.32 Å². The van der Waals surface area contributed by atoms with Crippen molar-refractivity contribution >= 4 is 0 Å². The zero-order valence-electron chi connectivity index (χ0n) is 7.72. The lowest BCUT2D eigenvalue weighted by molar-refractivity contribution is -0.0154. The molecule has 2 rings (SSSR count). The fourth-order valence-electron chi connectivity index (χ4n) is 2.34. The summed E-state index contributed by atoms with van der Waals surface area (Å²) in [5.74, 6) is 0. The van der Waals surface area contributed by atoms with Crippen molar-refractivity contribution < 1.29 is 4.74 Å². The maximum Gasteiger partial charge on any atom is 0.0728 e. The molecule has 2 fully saturated rings. The first-order chi connectivity index (χ1) is 5.97. The van der Waals surface area contributed by atoms with Crippen molar-refractivity contribution in [2.24, 2.45) is 0 Å². The Morgan fingerprint density at radius 1 is 1.00 bits per heavy atom. The molecule has 0 aromatic carbocycles. The van der Waals surface area contributed by atoms with Gasteiger partial charge in [0.25, 0.3) is 0 Å². The first-order valence-electron chi connectivity index (χ1n) is 5.32. The zero-order valence-corrected chi connectivity index (χ0v) is 7.72. The molecule has 70 valence electrons. The second-order valence-electron chi connectivity index (χ2n) is 3.96. The van der Waals surface area contributed by atoms with Crippen LogP contribution in [0.5, 0.6) is 0 Å². The summed E-state index contributed by atoms with van der Waals surface area (Å²) in [5, 5.41) is 3.56. The molecule has 2 aliphatic rings. The highest BCUT2D eigenvalue weighted by Gasteiger charge is 2.25. The van der Waals surface area contributed by atoms with Crippen LogP contribution in [0.25, 0.3) is 0 Å². The molecule has 1 N–H and O–H groups in total. The van der Waals surface area contributed by atoms with E-state index < -0.39 is 0 Å². The number of morpholine rings is 1. The van der Waals surface area contributed by atoms with Gasteiger partial charge in [0.15, 0.2) is 0 Å². The Morgan fingerprint density at radius 3 is 2.75 bits per heavy atom. The molecule has 0 radical (unpaired) electrons. The van der Waals surface area contributed by atoms with E-state index in [-0.39, 0.29) is 0 Å². The highest BCUT2D eigenvalue weighted by Crippen LogP contribution is 2.21. The van der Waals surface area contributed by atoms with Crippen LogP contribution in [0, 0.1) is 0 Å². The van der Waals surface area contributed by atoms with Crippen LogP contribution in [0.3, 0.4) is 0 Å². The molecule has 2 nitrogen and oxygen atoms in total. The minimum Gasteiger partial charge on any atom is -0.375 e. The molecule has 2 heteroatoms. The number of fused-ring (bicyclic) bond motifs is 1. The van der Waals surface area contributed by atoms with Crippen LogP contribution in [0.15, 0.2) is 0 Å². The molecular formula is C10H19NO. The maximum atomic E-state index is 5.75. The molecule has 0 aromatic rings. The van der Waals surface area contributed by atoms with Gasteiger partial charge >= 0.3 is 0 Å². The van der Waals surface area contributed by atoms with Gasteiger partial charge in [-0.1, -0.05) is 25.7 Å². The minimum absolute atomic E-state index is 0.527. The molecule has 1 saturated carbocycles. The molecule has 1 saturated heterocycles. The van der Waals surface area contributed by atoms with Crippen LogP contribution < -0.4 is 5.32 Å². The quantitative estimate of drug-likeness (QED) is 0.596. The van der Waals surface area contributed by atoms with Gasteiger partial charge in [0.2, 0.25) is 0 Å². The molecule has 0 aromatic heterocycles. The first kappa shape index (κ1) is 8.52. The summed E-state index contributed by atoms with van der Waals surface area (Å²) in [5.41, 5.74) is 0. The Kier molecular flexibility index (Phi) is 3.01. The van der Waals surface area contributed by atoms with Gasteiger partial charge in [-0.3, -0.25) is 0 Å². The molecule has 0 spiro atoms. The summed E-state index contributed by atoms with van der Waals surface area (Å²) in [7, 11) is 0. The third kappa shape index (κ3) is 1.99. The van der Waals surface area contributed by atoms with Crippen LogP contribution in [-0.2, 0) is 4.74 Å². The molecule has 2 unspecified atom stereocenters. The Labute approximate surface area is 74.7 Å². The Hall–Kier alpha value is -0.0800. The standard InChI is InChI=1S/C10H19NO/c1-2-4-6-10-9(5-3-1)11-7-8-12-10/h9-11H,1-8H2. The summed E-state index contributed by atoms with van der Waals surface area (Å²) in [4.78, 5) is 0. The smallest absolute Gasteiger partial charge is 0.0728 e. The average Bonchev–Trinajstić information content (AvgIpc) is 2.06. The molecule has 2 atom stereocenters. The Balaban J connectivity index is 1.89. The van der Waals surface area contributed by atoms with Gasteiger partial charge in [0.1, 0.15) is 0 Å². The molecule has 1 heterocycles. The lowest BCUT2D eigenvalue weighted by Gasteiger charge is -2.34. The van der Waals surface area contributed by atoms with Crippen molar-refractivity contribution in [1.29, 1.82) is 0 Å². The lowest BCUT2D eigenvalue weighted by Crippen LogP contribution is -2.48. The van der Waals surface area contributed by atoms with E-state index in [0.29, 0.717) is 12.1 Å². The van der Waals surface area contributed by atoms with E-state index in [4.69, 9.17) is 4.74 Å². The fourth-order valence-corrected chi connectivity index (χ4v) is 2.34. The summed E-state index contributed by atoms with van der Waals surface area (Å²) in [6, 6.07) is 0.666. The lowest BCUT2D eigenvalue weighted by atomic mass is 9.93. The van der Waals surface area contributed by atoms with Gasteiger partial charge in [0, 0.05) is 12.6 Å². The fraction of sp³-hybridized carbons (Fsp3) is 1.00. The van der Waals surface area contributed by atoms with Crippen molar-refractivity contribution in [2.45, 2.75) is 50.7 Å². The molecule has 1 aliphatic carbocycles. The monoisotopic (exact) mass is 169 g/mol. The normalized spacial score (nSPS) is 38.0. The van der Waals surface area contributed by atoms with E-state index >= 15 is 0 Å². The highest BCUT2D eigenvalue weighted by molar-refractivity contribution is 4.82. The summed E-state index contributed by atoms with van der Waals surface area (Å²) < 4.78 is 5.75. The van der Waals surface area contributed by atoms with Gasteiger partial charge in [-0.2, -0.15) is 0 Å². The van der Waals surface area contributed by atoms with Crippen molar-refractivity contribution in [2.75, 3.05) is 13.2 Å². The molecule has 0 amide bonds. The van der Waals surface area contributed by atoms with Gasteiger partial charge in [-0.15, -0.1) is 0 Å².